The fourth-order valence-corrected chi connectivity index (χ4v) is 3.30. The Morgan fingerprint density at radius 1 is 0.564 bits per heavy atom. The number of amides is 3. The Morgan fingerprint density at radius 2 is 1.03 bits per heavy atom. The SMILES string of the molecule is COc1cc(C(=O)NNC(=O)c2cccc(NC(=O)c3ccc(OC(C)=O)c(OC)c3)c2)ccc1OC(C)=O. The van der Waals surface area contributed by atoms with Crippen LogP contribution >= 0.6 is 0 Å². The molecule has 0 saturated heterocycles. The highest BCUT2D eigenvalue weighted by Crippen LogP contribution is 2.29. The van der Waals surface area contributed by atoms with Crippen LogP contribution in [-0.4, -0.2) is 43.9 Å². The van der Waals surface area contributed by atoms with E-state index in [1.165, 1.54) is 76.6 Å². The van der Waals surface area contributed by atoms with Crippen molar-refractivity contribution >= 4 is 35.3 Å². The summed E-state index contributed by atoms with van der Waals surface area (Å²) >= 11 is 0. The molecule has 0 spiro atoms. The molecule has 12 heteroatoms. The van der Waals surface area contributed by atoms with Gasteiger partial charge in [-0.2, -0.15) is 0 Å². The van der Waals surface area contributed by atoms with E-state index < -0.39 is 29.7 Å². The van der Waals surface area contributed by atoms with Crippen molar-refractivity contribution in [1.29, 1.82) is 0 Å². The highest BCUT2D eigenvalue weighted by atomic mass is 16.6. The highest BCUT2D eigenvalue weighted by molar-refractivity contribution is 6.06. The molecule has 202 valence electrons. The Morgan fingerprint density at radius 3 is 1.49 bits per heavy atom. The summed E-state index contributed by atoms with van der Waals surface area (Å²) in [5, 5.41) is 2.67. The first-order chi connectivity index (χ1) is 18.6. The van der Waals surface area contributed by atoms with Crippen LogP contribution in [0.5, 0.6) is 23.0 Å². The predicted octanol–water partition coefficient (Wildman–Crippen LogP) is 2.88. The van der Waals surface area contributed by atoms with Gasteiger partial charge in [-0.15, -0.1) is 0 Å². The summed E-state index contributed by atoms with van der Waals surface area (Å²) in [6, 6.07) is 14.5. The van der Waals surface area contributed by atoms with Crippen molar-refractivity contribution in [2.45, 2.75) is 13.8 Å². The van der Waals surface area contributed by atoms with E-state index in [-0.39, 0.29) is 39.7 Å². The van der Waals surface area contributed by atoms with Gasteiger partial charge in [-0.05, 0) is 54.6 Å². The highest BCUT2D eigenvalue weighted by Gasteiger charge is 2.16. The maximum Gasteiger partial charge on any atom is 0.308 e. The number of hydrogen-bond donors (Lipinski definition) is 3. The molecule has 0 aliphatic carbocycles. The Kier molecular flexibility index (Phi) is 9.19. The summed E-state index contributed by atoms with van der Waals surface area (Å²) in [6.45, 7) is 2.48. The Balaban J connectivity index is 1.65. The molecule has 0 aliphatic heterocycles. The summed E-state index contributed by atoms with van der Waals surface area (Å²) < 4.78 is 20.4. The molecule has 3 aromatic rings. The third-order valence-corrected chi connectivity index (χ3v) is 5.03. The first-order valence-electron chi connectivity index (χ1n) is 11.4. The van der Waals surface area contributed by atoms with Crippen LogP contribution in [0.15, 0.2) is 60.7 Å². The van der Waals surface area contributed by atoms with Gasteiger partial charge < -0.3 is 24.3 Å². The molecule has 0 heterocycles. The number of esters is 2. The van der Waals surface area contributed by atoms with Crippen LogP contribution in [0.25, 0.3) is 0 Å². The van der Waals surface area contributed by atoms with Crippen molar-refractivity contribution < 1.29 is 42.9 Å². The number of rotatable bonds is 8. The molecule has 3 aromatic carbocycles. The zero-order valence-corrected chi connectivity index (χ0v) is 21.4. The van der Waals surface area contributed by atoms with Crippen LogP contribution in [0.2, 0.25) is 0 Å². The molecule has 3 amide bonds. The van der Waals surface area contributed by atoms with Gasteiger partial charge in [0, 0.05) is 36.2 Å². The van der Waals surface area contributed by atoms with Crippen molar-refractivity contribution in [2.24, 2.45) is 0 Å². The lowest BCUT2D eigenvalue weighted by Gasteiger charge is -2.12. The molecule has 0 saturated carbocycles. The summed E-state index contributed by atoms with van der Waals surface area (Å²) in [6.07, 6.45) is 0. The number of benzene rings is 3. The molecular weight excluding hydrogens is 510 g/mol. The van der Waals surface area contributed by atoms with Gasteiger partial charge in [0.05, 0.1) is 14.2 Å². The number of methoxy groups -OCH3 is 2. The van der Waals surface area contributed by atoms with Gasteiger partial charge in [-0.25, -0.2) is 0 Å². The van der Waals surface area contributed by atoms with E-state index in [0.717, 1.165) is 0 Å². The molecule has 0 bridgehead atoms. The van der Waals surface area contributed by atoms with E-state index in [0.29, 0.717) is 5.69 Å². The lowest BCUT2D eigenvalue weighted by atomic mass is 10.1. The van der Waals surface area contributed by atoms with E-state index in [1.807, 2.05) is 0 Å². The van der Waals surface area contributed by atoms with Crippen LogP contribution in [0.4, 0.5) is 5.69 Å². The number of nitrogens with one attached hydrogen (secondary N) is 3. The molecule has 39 heavy (non-hydrogen) atoms. The molecule has 0 fully saturated rings. The van der Waals surface area contributed by atoms with Crippen LogP contribution in [0.1, 0.15) is 44.9 Å². The fourth-order valence-electron chi connectivity index (χ4n) is 3.30. The van der Waals surface area contributed by atoms with Gasteiger partial charge in [0.15, 0.2) is 23.0 Å². The first-order valence-corrected chi connectivity index (χ1v) is 11.4. The van der Waals surface area contributed by atoms with E-state index in [1.54, 1.807) is 12.1 Å². The smallest absolute Gasteiger partial charge is 0.308 e. The van der Waals surface area contributed by atoms with Crippen molar-refractivity contribution in [3.8, 4) is 23.0 Å². The summed E-state index contributed by atoms with van der Waals surface area (Å²) in [4.78, 5) is 60.3. The molecule has 0 aliphatic rings. The minimum atomic E-state index is -0.647. The van der Waals surface area contributed by atoms with Crippen molar-refractivity contribution in [1.82, 2.24) is 10.9 Å². The standard InChI is InChI=1S/C27H25N3O9/c1-15(31)38-21-10-8-18(13-23(21)36-3)25(33)28-20-7-5-6-17(12-20)26(34)29-30-27(35)19-9-11-22(39-16(2)32)24(14-19)37-4/h5-14H,1-4H3,(H,28,33)(H,29,34)(H,30,35). The van der Waals surface area contributed by atoms with E-state index in [2.05, 4.69) is 16.2 Å². The Labute approximate surface area is 223 Å². The molecule has 3 N–H and O–H groups in total. The minimum Gasteiger partial charge on any atom is -0.493 e. The van der Waals surface area contributed by atoms with Crippen LogP contribution in [-0.2, 0) is 9.59 Å². The average molecular weight is 536 g/mol. The number of hydrogen-bond acceptors (Lipinski definition) is 9. The van der Waals surface area contributed by atoms with Gasteiger partial charge in [0.25, 0.3) is 17.7 Å². The predicted molar refractivity (Wildman–Crippen MR) is 138 cm³/mol. The lowest BCUT2D eigenvalue weighted by molar-refractivity contribution is -0.132. The van der Waals surface area contributed by atoms with Gasteiger partial charge >= 0.3 is 11.9 Å². The van der Waals surface area contributed by atoms with Crippen LogP contribution in [0.3, 0.4) is 0 Å². The second-order valence-corrected chi connectivity index (χ2v) is 7.86. The number of ether oxygens (including phenoxy) is 4. The molecule has 12 nitrogen and oxygen atoms in total. The maximum absolute atomic E-state index is 12.7. The second kappa shape index (κ2) is 12.7. The third kappa shape index (κ3) is 7.55. The largest absolute Gasteiger partial charge is 0.493 e. The van der Waals surface area contributed by atoms with Gasteiger partial charge in [0.1, 0.15) is 0 Å². The molecule has 3 rings (SSSR count). The topological polar surface area (TPSA) is 158 Å². The number of carbonyl (C=O) groups is 5. The zero-order chi connectivity index (χ0) is 28.5. The van der Waals surface area contributed by atoms with Crippen LogP contribution in [0, 0.1) is 0 Å². The quantitative estimate of drug-likeness (QED) is 0.224. The van der Waals surface area contributed by atoms with E-state index in [9.17, 15) is 24.0 Å². The van der Waals surface area contributed by atoms with Crippen molar-refractivity contribution in [3.05, 3.63) is 77.4 Å². The Hall–Kier alpha value is -5.39. The van der Waals surface area contributed by atoms with Gasteiger partial charge in [-0.1, -0.05) is 6.07 Å². The second-order valence-electron chi connectivity index (χ2n) is 7.86. The zero-order valence-electron chi connectivity index (χ0n) is 21.4. The molecule has 0 atom stereocenters. The third-order valence-electron chi connectivity index (χ3n) is 5.03. The molecule has 0 aromatic heterocycles. The number of carbonyl (C=O) groups excluding carboxylic acids is 5. The number of hydrazine groups is 1. The normalized spacial score (nSPS) is 10.1. The number of anilines is 1. The minimum absolute atomic E-state index is 0.138. The van der Waals surface area contributed by atoms with Crippen LogP contribution < -0.4 is 35.1 Å². The van der Waals surface area contributed by atoms with Gasteiger partial charge in [0.2, 0.25) is 0 Å². The summed E-state index contributed by atoms with van der Waals surface area (Å²) in [5.74, 6) is -2.21. The maximum atomic E-state index is 12.7. The Bertz CT molecular complexity index is 1440. The van der Waals surface area contributed by atoms with E-state index in [4.69, 9.17) is 18.9 Å². The fraction of sp³-hybridized carbons (Fsp3) is 0.148. The van der Waals surface area contributed by atoms with Crippen molar-refractivity contribution in [3.63, 3.8) is 0 Å². The molecule has 0 unspecified atom stereocenters. The van der Waals surface area contributed by atoms with E-state index >= 15 is 0 Å². The molecule has 0 radical (unpaired) electrons. The lowest BCUT2D eigenvalue weighted by Crippen LogP contribution is -2.41. The first kappa shape index (κ1) is 28.2. The van der Waals surface area contributed by atoms with Gasteiger partial charge in [-0.3, -0.25) is 34.8 Å². The monoisotopic (exact) mass is 535 g/mol. The molecular formula is C27H25N3O9. The average Bonchev–Trinajstić information content (AvgIpc) is 2.91. The summed E-state index contributed by atoms with van der Waals surface area (Å²) in [5.41, 5.74) is 5.41. The summed E-state index contributed by atoms with van der Waals surface area (Å²) in [7, 11) is 2.73. The van der Waals surface area contributed by atoms with Crippen molar-refractivity contribution in [2.75, 3.05) is 19.5 Å².